The molecule has 2 N–H and O–H groups in total. The molecule has 0 unspecified atom stereocenters. The van der Waals surface area contributed by atoms with Crippen LogP contribution in [0, 0.1) is 5.92 Å². The van der Waals surface area contributed by atoms with Crippen molar-refractivity contribution in [2.75, 3.05) is 32.8 Å². The van der Waals surface area contributed by atoms with Gasteiger partial charge in [0.05, 0.1) is 0 Å². The Labute approximate surface area is 155 Å². The van der Waals surface area contributed by atoms with Crippen molar-refractivity contribution in [1.29, 1.82) is 0 Å². The van der Waals surface area contributed by atoms with Crippen LogP contribution in [0.5, 0.6) is 0 Å². The monoisotopic (exact) mass is 372 g/mol. The summed E-state index contributed by atoms with van der Waals surface area (Å²) in [6, 6.07) is 7.99. The first-order chi connectivity index (χ1) is 11.2. The molecule has 1 aromatic carbocycles. The second kappa shape index (κ2) is 9.04. The molecule has 1 amide bonds. The van der Waals surface area contributed by atoms with Crippen LogP contribution in [0.1, 0.15) is 31.2 Å². The van der Waals surface area contributed by atoms with Gasteiger partial charge in [-0.25, -0.2) is 0 Å². The number of amides is 1. The maximum atomic E-state index is 12.5. The van der Waals surface area contributed by atoms with Gasteiger partial charge in [0.1, 0.15) is 0 Å². The molecule has 2 aliphatic rings. The number of carbonyl (C=O) groups excluding carboxylic acids is 1. The molecule has 1 aromatic rings. The molecule has 0 aliphatic carbocycles. The molecule has 0 aromatic heterocycles. The zero-order valence-electron chi connectivity index (χ0n) is 13.9. The van der Waals surface area contributed by atoms with Gasteiger partial charge in [-0.2, -0.15) is 0 Å². The lowest BCUT2D eigenvalue weighted by molar-refractivity contribution is -0.126. The number of nitrogens with one attached hydrogen (secondary N) is 2. The molecular weight excluding hydrogens is 347 g/mol. The second-order valence-corrected chi connectivity index (χ2v) is 7.02. The topological polar surface area (TPSA) is 50.4 Å². The molecule has 0 saturated carbocycles. The standard InChI is InChI=1S/C18H25ClN2O2.ClH/c19-16-4-2-1-3-15(16)18(7-11-23-12-8-18)13-21-17(22)14-5-9-20-10-6-14;/h1-4,14,20H,5-13H2,(H,21,22);1H. The van der Waals surface area contributed by atoms with Gasteiger partial charge < -0.3 is 15.4 Å². The number of halogens is 2. The Bertz CT molecular complexity index is 542. The van der Waals surface area contributed by atoms with Gasteiger partial charge in [-0.15, -0.1) is 12.4 Å². The first-order valence-corrected chi connectivity index (χ1v) is 8.90. The van der Waals surface area contributed by atoms with Crippen molar-refractivity contribution in [2.45, 2.75) is 31.1 Å². The van der Waals surface area contributed by atoms with E-state index in [0.29, 0.717) is 19.8 Å². The van der Waals surface area contributed by atoms with Crippen molar-refractivity contribution >= 4 is 29.9 Å². The fourth-order valence-corrected chi connectivity index (χ4v) is 4.02. The molecule has 0 bridgehead atoms. The number of ether oxygens (including phenoxy) is 1. The average molecular weight is 373 g/mol. The zero-order chi connectivity index (χ0) is 16.1. The maximum absolute atomic E-state index is 12.5. The number of hydrogen-bond donors (Lipinski definition) is 2. The van der Waals surface area contributed by atoms with Gasteiger partial charge in [-0.1, -0.05) is 29.8 Å². The highest BCUT2D eigenvalue weighted by Crippen LogP contribution is 2.38. The van der Waals surface area contributed by atoms with Crippen molar-refractivity contribution < 1.29 is 9.53 Å². The largest absolute Gasteiger partial charge is 0.381 e. The van der Waals surface area contributed by atoms with Crippen molar-refractivity contribution in [1.82, 2.24) is 10.6 Å². The van der Waals surface area contributed by atoms with Crippen LogP contribution < -0.4 is 10.6 Å². The Balaban J connectivity index is 0.00000208. The summed E-state index contributed by atoms with van der Waals surface area (Å²) in [5, 5.41) is 7.29. The number of piperidine rings is 1. The van der Waals surface area contributed by atoms with Gasteiger partial charge in [0.2, 0.25) is 5.91 Å². The molecule has 6 heteroatoms. The van der Waals surface area contributed by atoms with E-state index in [-0.39, 0.29) is 29.6 Å². The number of hydrogen-bond acceptors (Lipinski definition) is 3. The first kappa shape index (κ1) is 19.5. The summed E-state index contributed by atoms with van der Waals surface area (Å²) in [6.45, 7) is 3.94. The molecule has 2 saturated heterocycles. The normalized spacial score (nSPS) is 20.9. The molecule has 0 atom stereocenters. The molecule has 2 fully saturated rings. The Kier molecular flexibility index (Phi) is 7.35. The van der Waals surface area contributed by atoms with Crippen molar-refractivity contribution in [3.8, 4) is 0 Å². The quantitative estimate of drug-likeness (QED) is 0.853. The summed E-state index contributed by atoms with van der Waals surface area (Å²) in [5.74, 6) is 0.323. The predicted octanol–water partition coefficient (Wildman–Crippen LogP) is 2.93. The van der Waals surface area contributed by atoms with Crippen molar-refractivity contribution in [3.05, 3.63) is 34.9 Å². The van der Waals surface area contributed by atoms with E-state index in [9.17, 15) is 4.79 Å². The second-order valence-electron chi connectivity index (χ2n) is 6.61. The summed E-state index contributed by atoms with van der Waals surface area (Å²) in [7, 11) is 0. The Morgan fingerprint density at radius 1 is 1.25 bits per heavy atom. The van der Waals surface area contributed by atoms with Crippen LogP contribution in [-0.4, -0.2) is 38.8 Å². The molecular formula is C18H26Cl2N2O2. The minimum atomic E-state index is -0.112. The van der Waals surface area contributed by atoms with E-state index in [1.807, 2.05) is 18.2 Å². The summed E-state index contributed by atoms with van der Waals surface area (Å²) >= 11 is 6.45. The molecule has 2 heterocycles. The van der Waals surface area contributed by atoms with E-state index < -0.39 is 0 Å². The molecule has 0 radical (unpaired) electrons. The average Bonchev–Trinajstić information content (AvgIpc) is 2.61. The molecule has 3 rings (SSSR count). The van der Waals surface area contributed by atoms with Gasteiger partial charge in [-0.3, -0.25) is 4.79 Å². The van der Waals surface area contributed by atoms with Crippen LogP contribution in [0.4, 0.5) is 0 Å². The fraction of sp³-hybridized carbons (Fsp3) is 0.611. The van der Waals surface area contributed by atoms with Gasteiger partial charge in [0, 0.05) is 36.1 Å². The SMILES string of the molecule is Cl.O=C(NCC1(c2ccccc2Cl)CCOCC1)C1CCNCC1. The lowest BCUT2D eigenvalue weighted by atomic mass is 9.74. The smallest absolute Gasteiger partial charge is 0.223 e. The lowest BCUT2D eigenvalue weighted by Crippen LogP contribution is -2.47. The third-order valence-corrected chi connectivity index (χ3v) is 5.54. The highest BCUT2D eigenvalue weighted by atomic mass is 35.5. The Morgan fingerprint density at radius 2 is 1.92 bits per heavy atom. The van der Waals surface area contributed by atoms with Crippen LogP contribution >= 0.6 is 24.0 Å². The first-order valence-electron chi connectivity index (χ1n) is 8.52. The van der Waals surface area contributed by atoms with E-state index >= 15 is 0 Å². The van der Waals surface area contributed by atoms with E-state index in [1.165, 1.54) is 0 Å². The minimum absolute atomic E-state index is 0. The highest BCUT2D eigenvalue weighted by Gasteiger charge is 2.36. The van der Waals surface area contributed by atoms with Gasteiger partial charge in [0.15, 0.2) is 0 Å². The van der Waals surface area contributed by atoms with Gasteiger partial charge >= 0.3 is 0 Å². The molecule has 2 aliphatic heterocycles. The van der Waals surface area contributed by atoms with Crippen LogP contribution in [0.3, 0.4) is 0 Å². The van der Waals surface area contributed by atoms with Crippen LogP contribution in [0.15, 0.2) is 24.3 Å². The molecule has 24 heavy (non-hydrogen) atoms. The third kappa shape index (κ3) is 4.42. The van der Waals surface area contributed by atoms with Gasteiger partial charge in [0.25, 0.3) is 0 Å². The molecule has 4 nitrogen and oxygen atoms in total. The van der Waals surface area contributed by atoms with E-state index in [0.717, 1.165) is 49.4 Å². The Hall–Kier alpha value is -0.810. The molecule has 134 valence electrons. The van der Waals surface area contributed by atoms with Crippen molar-refractivity contribution in [3.63, 3.8) is 0 Å². The van der Waals surface area contributed by atoms with Crippen LogP contribution in [0.2, 0.25) is 5.02 Å². The minimum Gasteiger partial charge on any atom is -0.381 e. The summed E-state index contributed by atoms with van der Waals surface area (Å²) < 4.78 is 5.55. The van der Waals surface area contributed by atoms with E-state index in [4.69, 9.17) is 16.3 Å². The number of rotatable bonds is 4. The van der Waals surface area contributed by atoms with Crippen molar-refractivity contribution in [2.24, 2.45) is 5.92 Å². The van der Waals surface area contributed by atoms with E-state index in [1.54, 1.807) is 0 Å². The molecule has 0 spiro atoms. The lowest BCUT2D eigenvalue weighted by Gasteiger charge is -2.39. The maximum Gasteiger partial charge on any atom is 0.223 e. The van der Waals surface area contributed by atoms with E-state index in [2.05, 4.69) is 16.7 Å². The summed E-state index contributed by atoms with van der Waals surface area (Å²) in [6.07, 6.45) is 3.63. The Morgan fingerprint density at radius 3 is 2.58 bits per heavy atom. The van der Waals surface area contributed by atoms with Gasteiger partial charge in [-0.05, 0) is 50.4 Å². The zero-order valence-corrected chi connectivity index (χ0v) is 15.4. The van der Waals surface area contributed by atoms with Crippen LogP contribution in [-0.2, 0) is 14.9 Å². The third-order valence-electron chi connectivity index (χ3n) is 5.21. The number of carbonyl (C=O) groups is 1. The fourth-order valence-electron chi connectivity index (χ4n) is 3.68. The summed E-state index contributed by atoms with van der Waals surface area (Å²) in [5.41, 5.74) is 1.02. The summed E-state index contributed by atoms with van der Waals surface area (Å²) in [4.78, 5) is 12.5. The highest BCUT2D eigenvalue weighted by molar-refractivity contribution is 6.31. The predicted molar refractivity (Wildman–Crippen MR) is 99.0 cm³/mol. The van der Waals surface area contributed by atoms with Crippen LogP contribution in [0.25, 0.3) is 0 Å². The number of benzene rings is 1.